The van der Waals surface area contributed by atoms with Gasteiger partial charge >= 0.3 is 0 Å². The maximum absolute atomic E-state index is 12.0. The van der Waals surface area contributed by atoms with Crippen LogP contribution in [0.5, 0.6) is 0 Å². The lowest BCUT2D eigenvalue weighted by Crippen LogP contribution is -2.43. The first-order valence-electron chi connectivity index (χ1n) is 7.97. The highest BCUT2D eigenvalue weighted by Gasteiger charge is 2.23. The fourth-order valence-corrected chi connectivity index (χ4v) is 2.60. The summed E-state index contributed by atoms with van der Waals surface area (Å²) in [5.41, 5.74) is 0.135. The van der Waals surface area contributed by atoms with Gasteiger partial charge in [-0.2, -0.15) is 0 Å². The fourth-order valence-electron chi connectivity index (χ4n) is 2.60. The molecule has 9 heteroatoms. The molecule has 0 saturated carbocycles. The summed E-state index contributed by atoms with van der Waals surface area (Å²) in [5.74, 6) is -0.775. The summed E-state index contributed by atoms with van der Waals surface area (Å²) in [5, 5.41) is 16.6. The van der Waals surface area contributed by atoms with E-state index in [0.717, 1.165) is 25.5 Å². The Kier molecular flexibility index (Phi) is 6.44. The van der Waals surface area contributed by atoms with E-state index in [1.165, 1.54) is 24.3 Å². The third kappa shape index (κ3) is 5.55. The number of nitro benzene ring substituents is 1. The summed E-state index contributed by atoms with van der Waals surface area (Å²) in [6, 6.07) is 5.71. The number of non-ortho nitro benzene ring substituents is 1. The molecule has 1 N–H and O–H groups in total. The fraction of sp³-hybridized carbons (Fsp3) is 0.438. The lowest BCUT2D eigenvalue weighted by atomic mass is 10.0. The van der Waals surface area contributed by atoms with Gasteiger partial charge < -0.3 is 15.1 Å². The molecule has 0 radical (unpaired) electrons. The van der Waals surface area contributed by atoms with Gasteiger partial charge in [0.1, 0.15) is 6.21 Å². The summed E-state index contributed by atoms with van der Waals surface area (Å²) in [4.78, 5) is 40.4. The molecule has 2 amide bonds. The number of nitro groups is 1. The maximum atomic E-state index is 12.0. The molecule has 2 rings (SSSR count). The molecule has 25 heavy (non-hydrogen) atoms. The Morgan fingerprint density at radius 3 is 3.00 bits per heavy atom. The smallest absolute Gasteiger partial charge is 0.271 e. The number of nitrogens with one attached hydrogen (secondary N) is 1. The van der Waals surface area contributed by atoms with E-state index in [0.29, 0.717) is 6.54 Å². The van der Waals surface area contributed by atoms with Crippen LogP contribution in [0.25, 0.3) is 0 Å². The molecule has 1 fully saturated rings. The number of carbonyl (C=O) groups is 2. The summed E-state index contributed by atoms with van der Waals surface area (Å²) >= 11 is 0. The molecule has 1 aliphatic heterocycles. The Morgan fingerprint density at radius 1 is 1.48 bits per heavy atom. The zero-order valence-corrected chi connectivity index (χ0v) is 13.9. The zero-order valence-electron chi connectivity index (χ0n) is 13.9. The van der Waals surface area contributed by atoms with Gasteiger partial charge in [0.15, 0.2) is 6.61 Å². The van der Waals surface area contributed by atoms with E-state index < -0.39 is 10.8 Å². The minimum Gasteiger partial charge on any atom is -0.386 e. The van der Waals surface area contributed by atoms with E-state index in [1.54, 1.807) is 4.90 Å². The molecule has 0 spiro atoms. The molecule has 134 valence electrons. The summed E-state index contributed by atoms with van der Waals surface area (Å²) < 4.78 is 0. The molecule has 0 aromatic heterocycles. The van der Waals surface area contributed by atoms with Crippen LogP contribution in [0.1, 0.15) is 26.2 Å². The highest BCUT2D eigenvalue weighted by atomic mass is 16.6. The number of oxime groups is 1. The van der Waals surface area contributed by atoms with Gasteiger partial charge in [-0.25, -0.2) is 0 Å². The minimum atomic E-state index is -0.612. The molecule has 1 aliphatic rings. The van der Waals surface area contributed by atoms with Crippen molar-refractivity contribution < 1.29 is 19.3 Å². The van der Waals surface area contributed by atoms with Crippen molar-refractivity contribution in [1.82, 2.24) is 4.90 Å². The van der Waals surface area contributed by atoms with Crippen LogP contribution in [-0.2, 0) is 14.4 Å². The monoisotopic (exact) mass is 348 g/mol. The number of carbonyl (C=O) groups excluding carboxylic acids is 2. The SMILES string of the molecule is C[C@@H]1CCCCN1C(=O)CO/N=C\C(=O)Nc1cccc([N+](=O)[O-])c1. The Bertz CT molecular complexity index is 676. The van der Waals surface area contributed by atoms with Crippen LogP contribution in [0.3, 0.4) is 0 Å². The molecule has 1 saturated heterocycles. The van der Waals surface area contributed by atoms with E-state index in [-0.39, 0.29) is 29.9 Å². The van der Waals surface area contributed by atoms with Crippen molar-refractivity contribution in [2.24, 2.45) is 5.16 Å². The van der Waals surface area contributed by atoms with Crippen molar-refractivity contribution in [3.8, 4) is 0 Å². The molecule has 0 unspecified atom stereocenters. The normalized spacial score (nSPS) is 17.3. The Hall–Kier alpha value is -2.97. The summed E-state index contributed by atoms with van der Waals surface area (Å²) in [6.07, 6.45) is 3.94. The number of amides is 2. The van der Waals surface area contributed by atoms with Gasteiger partial charge in [-0.3, -0.25) is 19.7 Å². The highest BCUT2D eigenvalue weighted by molar-refractivity contribution is 6.31. The van der Waals surface area contributed by atoms with Crippen LogP contribution in [0.4, 0.5) is 11.4 Å². The first-order chi connectivity index (χ1) is 12.0. The van der Waals surface area contributed by atoms with Gasteiger partial charge in [0.2, 0.25) is 0 Å². The maximum Gasteiger partial charge on any atom is 0.271 e. The summed E-state index contributed by atoms with van der Waals surface area (Å²) in [6.45, 7) is 2.47. The number of hydrogen-bond acceptors (Lipinski definition) is 6. The van der Waals surface area contributed by atoms with Gasteiger partial charge in [-0.1, -0.05) is 11.2 Å². The average molecular weight is 348 g/mol. The third-order valence-electron chi connectivity index (χ3n) is 3.88. The third-order valence-corrected chi connectivity index (χ3v) is 3.88. The van der Waals surface area contributed by atoms with Gasteiger partial charge in [-0.15, -0.1) is 0 Å². The van der Waals surface area contributed by atoms with E-state index in [2.05, 4.69) is 10.5 Å². The number of hydrogen-bond donors (Lipinski definition) is 1. The van der Waals surface area contributed by atoms with E-state index in [1.807, 2.05) is 6.92 Å². The van der Waals surface area contributed by atoms with Crippen molar-refractivity contribution in [3.05, 3.63) is 34.4 Å². The number of benzene rings is 1. The van der Waals surface area contributed by atoms with E-state index in [4.69, 9.17) is 4.84 Å². The van der Waals surface area contributed by atoms with Crippen LogP contribution in [0.2, 0.25) is 0 Å². The van der Waals surface area contributed by atoms with Crippen molar-refractivity contribution in [2.45, 2.75) is 32.2 Å². The minimum absolute atomic E-state index is 0.132. The number of rotatable bonds is 6. The second-order valence-corrected chi connectivity index (χ2v) is 5.74. The van der Waals surface area contributed by atoms with Crippen molar-refractivity contribution in [1.29, 1.82) is 0 Å². The Balaban J connectivity index is 1.78. The van der Waals surface area contributed by atoms with Crippen LogP contribution in [0.15, 0.2) is 29.4 Å². The van der Waals surface area contributed by atoms with Crippen LogP contribution in [0, 0.1) is 10.1 Å². The van der Waals surface area contributed by atoms with Crippen LogP contribution < -0.4 is 5.32 Å². The number of piperidine rings is 1. The van der Waals surface area contributed by atoms with E-state index in [9.17, 15) is 19.7 Å². The van der Waals surface area contributed by atoms with Crippen molar-refractivity contribution >= 4 is 29.4 Å². The molecular formula is C16H20N4O5. The first-order valence-corrected chi connectivity index (χ1v) is 7.97. The second-order valence-electron chi connectivity index (χ2n) is 5.74. The highest BCUT2D eigenvalue weighted by Crippen LogP contribution is 2.17. The predicted molar refractivity (Wildman–Crippen MR) is 91.2 cm³/mol. The van der Waals surface area contributed by atoms with Gasteiger partial charge in [0, 0.05) is 30.4 Å². The lowest BCUT2D eigenvalue weighted by Gasteiger charge is -2.32. The Labute approximate surface area is 144 Å². The number of likely N-dealkylation sites (tertiary alicyclic amines) is 1. The average Bonchev–Trinajstić information content (AvgIpc) is 2.59. The number of nitrogens with zero attached hydrogens (tertiary/aromatic N) is 3. The Morgan fingerprint density at radius 2 is 2.28 bits per heavy atom. The quantitative estimate of drug-likeness (QED) is 0.479. The molecule has 1 atom stereocenters. The standard InChI is InChI=1S/C16H20N4O5/c1-12-5-2-3-8-19(12)16(22)11-25-17-10-15(21)18-13-6-4-7-14(9-13)20(23)24/h4,6-7,9-10,12H,2-3,5,8,11H2,1H3,(H,18,21)/b17-10-/t12-/m1/s1. The lowest BCUT2D eigenvalue weighted by molar-refractivity contribution is -0.384. The topological polar surface area (TPSA) is 114 Å². The second kappa shape index (κ2) is 8.76. The predicted octanol–water partition coefficient (Wildman–Crippen LogP) is 1.94. The van der Waals surface area contributed by atoms with Gasteiger partial charge in [0.25, 0.3) is 17.5 Å². The largest absolute Gasteiger partial charge is 0.386 e. The zero-order chi connectivity index (χ0) is 18.2. The first kappa shape index (κ1) is 18.4. The van der Waals surface area contributed by atoms with Crippen molar-refractivity contribution in [3.63, 3.8) is 0 Å². The molecule has 1 aromatic rings. The van der Waals surface area contributed by atoms with Crippen molar-refractivity contribution in [2.75, 3.05) is 18.5 Å². The van der Waals surface area contributed by atoms with Crippen LogP contribution in [-0.4, -0.2) is 47.0 Å². The molecule has 1 heterocycles. The van der Waals surface area contributed by atoms with E-state index >= 15 is 0 Å². The van der Waals surface area contributed by atoms with Crippen LogP contribution >= 0.6 is 0 Å². The van der Waals surface area contributed by atoms with Gasteiger partial charge in [-0.05, 0) is 32.3 Å². The number of anilines is 1. The molecule has 0 aliphatic carbocycles. The summed E-state index contributed by atoms with van der Waals surface area (Å²) in [7, 11) is 0. The molecular weight excluding hydrogens is 328 g/mol. The van der Waals surface area contributed by atoms with Gasteiger partial charge in [0.05, 0.1) is 4.92 Å². The molecule has 9 nitrogen and oxygen atoms in total. The molecule has 0 bridgehead atoms. The molecule has 1 aromatic carbocycles.